The van der Waals surface area contributed by atoms with E-state index in [0.717, 1.165) is 24.2 Å². The molecular formula is C17H23N5O3. The molecule has 3 rings (SSSR count). The number of fused-ring (bicyclic) bond motifs is 1. The number of piperidine rings is 1. The van der Waals surface area contributed by atoms with Crippen molar-refractivity contribution in [2.45, 2.75) is 25.4 Å². The van der Waals surface area contributed by atoms with E-state index in [9.17, 15) is 14.4 Å². The predicted octanol–water partition coefficient (Wildman–Crippen LogP) is -0.292. The van der Waals surface area contributed by atoms with Crippen molar-refractivity contribution in [1.82, 2.24) is 19.4 Å². The minimum absolute atomic E-state index is 0.237. The molecule has 1 atom stereocenters. The number of hydrogen-bond donors (Lipinski definition) is 2. The van der Waals surface area contributed by atoms with Gasteiger partial charge in [-0.25, -0.2) is 4.79 Å². The van der Waals surface area contributed by atoms with E-state index in [1.54, 1.807) is 11.6 Å². The molecule has 2 aromatic rings. The number of imide groups is 1. The Bertz CT molecular complexity index is 882. The Balaban J connectivity index is 2.01. The normalized spacial score (nSPS) is 18.2. The summed E-state index contributed by atoms with van der Waals surface area (Å²) in [6.45, 7) is 2.10. The molecule has 0 saturated carbocycles. The Morgan fingerprint density at radius 2 is 2.04 bits per heavy atom. The molecule has 1 fully saturated rings. The first kappa shape index (κ1) is 17.4. The van der Waals surface area contributed by atoms with Crippen LogP contribution in [0.4, 0.5) is 0 Å². The highest BCUT2D eigenvalue weighted by Crippen LogP contribution is 2.23. The van der Waals surface area contributed by atoms with Crippen molar-refractivity contribution in [3.05, 3.63) is 34.2 Å². The van der Waals surface area contributed by atoms with E-state index >= 15 is 0 Å². The molecule has 0 spiro atoms. The van der Waals surface area contributed by atoms with Gasteiger partial charge >= 0.3 is 5.69 Å². The third kappa shape index (κ3) is 3.22. The molecule has 1 aromatic carbocycles. The quantitative estimate of drug-likeness (QED) is 0.725. The Morgan fingerprint density at radius 3 is 2.72 bits per heavy atom. The van der Waals surface area contributed by atoms with E-state index < -0.39 is 11.9 Å². The first-order chi connectivity index (χ1) is 11.9. The molecule has 8 heteroatoms. The Labute approximate surface area is 145 Å². The number of aromatic nitrogens is 2. The molecule has 2 amide bonds. The van der Waals surface area contributed by atoms with Crippen LogP contribution in [-0.2, 0) is 23.2 Å². The van der Waals surface area contributed by atoms with Gasteiger partial charge in [-0.2, -0.15) is 0 Å². The van der Waals surface area contributed by atoms with E-state index in [-0.39, 0.29) is 18.0 Å². The van der Waals surface area contributed by atoms with Crippen molar-refractivity contribution in [1.29, 1.82) is 0 Å². The summed E-state index contributed by atoms with van der Waals surface area (Å²) in [6, 6.07) is 5.13. The third-order valence-electron chi connectivity index (χ3n) is 4.64. The maximum atomic E-state index is 12.7. The Kier molecular flexibility index (Phi) is 4.73. The molecule has 3 N–H and O–H groups in total. The van der Waals surface area contributed by atoms with Crippen molar-refractivity contribution in [3.8, 4) is 0 Å². The third-order valence-corrected chi connectivity index (χ3v) is 4.64. The molecule has 25 heavy (non-hydrogen) atoms. The lowest BCUT2D eigenvalue weighted by atomic mass is 10.1. The number of rotatable bonds is 5. The largest absolute Gasteiger partial charge is 0.329 e. The molecule has 8 nitrogen and oxygen atoms in total. The highest BCUT2D eigenvalue weighted by Gasteiger charge is 2.31. The summed E-state index contributed by atoms with van der Waals surface area (Å²) in [5.74, 6) is -0.711. The summed E-state index contributed by atoms with van der Waals surface area (Å²) in [5, 5.41) is 2.32. The van der Waals surface area contributed by atoms with Crippen LogP contribution in [0.25, 0.3) is 11.0 Å². The average molecular weight is 345 g/mol. The van der Waals surface area contributed by atoms with E-state index in [2.05, 4.69) is 10.2 Å². The lowest BCUT2D eigenvalue weighted by Crippen LogP contribution is -2.44. The highest BCUT2D eigenvalue weighted by atomic mass is 16.2. The van der Waals surface area contributed by atoms with Crippen LogP contribution in [-0.4, -0.2) is 46.0 Å². The number of amides is 2. The van der Waals surface area contributed by atoms with Gasteiger partial charge in [-0.3, -0.25) is 24.0 Å². The monoisotopic (exact) mass is 345 g/mol. The smallest absolute Gasteiger partial charge is 0.329 e. The summed E-state index contributed by atoms with van der Waals surface area (Å²) in [7, 11) is 3.69. The number of likely N-dealkylation sites (N-methyl/N-ethyl adjacent to an activating group) is 1. The first-order valence-corrected chi connectivity index (χ1v) is 8.34. The molecule has 0 aliphatic carbocycles. The summed E-state index contributed by atoms with van der Waals surface area (Å²) < 4.78 is 3.04. The van der Waals surface area contributed by atoms with Gasteiger partial charge in [-0.1, -0.05) is 6.07 Å². The topological polar surface area (TPSA) is 102 Å². The zero-order valence-corrected chi connectivity index (χ0v) is 14.5. The van der Waals surface area contributed by atoms with Crippen LogP contribution in [0.5, 0.6) is 0 Å². The minimum atomic E-state index is -0.653. The van der Waals surface area contributed by atoms with Gasteiger partial charge in [-0.05, 0) is 31.2 Å². The Hall–Kier alpha value is -2.45. The summed E-state index contributed by atoms with van der Waals surface area (Å²) in [6.07, 6.45) is 0.575. The van der Waals surface area contributed by atoms with Crippen molar-refractivity contribution in [2.75, 3.05) is 20.1 Å². The highest BCUT2D eigenvalue weighted by molar-refractivity contribution is 6.00. The molecule has 1 aliphatic heterocycles. The van der Waals surface area contributed by atoms with Crippen LogP contribution < -0.4 is 16.7 Å². The maximum Gasteiger partial charge on any atom is 0.329 e. The molecule has 1 unspecified atom stereocenters. The number of carbonyl (C=O) groups is 2. The number of aryl methyl sites for hydroxylation is 1. The predicted molar refractivity (Wildman–Crippen MR) is 94.0 cm³/mol. The van der Waals surface area contributed by atoms with Gasteiger partial charge in [0.05, 0.1) is 11.0 Å². The van der Waals surface area contributed by atoms with Crippen LogP contribution in [0.1, 0.15) is 24.4 Å². The molecule has 1 saturated heterocycles. The van der Waals surface area contributed by atoms with Crippen molar-refractivity contribution in [3.63, 3.8) is 0 Å². The molecule has 0 bridgehead atoms. The second-order valence-electron chi connectivity index (χ2n) is 6.53. The van der Waals surface area contributed by atoms with E-state index in [1.165, 1.54) is 4.57 Å². The summed E-state index contributed by atoms with van der Waals surface area (Å²) in [4.78, 5) is 38.3. The number of benzene rings is 1. The van der Waals surface area contributed by atoms with Crippen LogP contribution in [0, 0.1) is 0 Å². The second-order valence-corrected chi connectivity index (χ2v) is 6.53. The SMILES string of the molecule is CN(CCN)Cc1ccc2c(c1)n(C)c(=O)n2C1CCC(=O)NC1=O. The average Bonchev–Trinajstić information content (AvgIpc) is 2.80. The number of imidazole rings is 1. The van der Waals surface area contributed by atoms with Gasteiger partial charge < -0.3 is 10.6 Å². The van der Waals surface area contributed by atoms with Gasteiger partial charge in [0.1, 0.15) is 6.04 Å². The molecule has 1 aromatic heterocycles. The molecular weight excluding hydrogens is 322 g/mol. The number of hydrogen-bond acceptors (Lipinski definition) is 5. The molecule has 2 heterocycles. The molecule has 134 valence electrons. The lowest BCUT2D eigenvalue weighted by Gasteiger charge is -2.22. The van der Waals surface area contributed by atoms with Crippen molar-refractivity contribution >= 4 is 22.8 Å². The van der Waals surface area contributed by atoms with Gasteiger partial charge in [0.15, 0.2) is 0 Å². The lowest BCUT2D eigenvalue weighted by molar-refractivity contribution is -0.135. The summed E-state index contributed by atoms with van der Waals surface area (Å²) in [5.41, 5.74) is 7.86. The van der Waals surface area contributed by atoms with Crippen molar-refractivity contribution in [2.24, 2.45) is 12.8 Å². The van der Waals surface area contributed by atoms with Gasteiger partial charge in [0, 0.05) is 33.1 Å². The van der Waals surface area contributed by atoms with Gasteiger partial charge in [0.2, 0.25) is 11.8 Å². The van der Waals surface area contributed by atoms with Gasteiger partial charge in [-0.15, -0.1) is 0 Å². The van der Waals surface area contributed by atoms with Gasteiger partial charge in [0.25, 0.3) is 0 Å². The van der Waals surface area contributed by atoms with E-state index in [0.29, 0.717) is 18.5 Å². The standard InChI is InChI=1S/C17H23N5O3/c1-20(8-7-18)10-11-3-4-12-14(9-11)21(2)17(25)22(12)13-5-6-15(23)19-16(13)24/h3-4,9,13H,5-8,10,18H2,1-2H3,(H,19,23,24). The maximum absolute atomic E-state index is 12.7. The van der Waals surface area contributed by atoms with E-state index in [4.69, 9.17) is 5.73 Å². The zero-order valence-electron chi connectivity index (χ0n) is 14.5. The van der Waals surface area contributed by atoms with Crippen LogP contribution in [0.2, 0.25) is 0 Å². The number of carbonyl (C=O) groups excluding carboxylic acids is 2. The second kappa shape index (κ2) is 6.81. The van der Waals surface area contributed by atoms with Crippen molar-refractivity contribution < 1.29 is 9.59 Å². The number of nitrogens with zero attached hydrogens (tertiary/aromatic N) is 3. The summed E-state index contributed by atoms with van der Waals surface area (Å²) >= 11 is 0. The minimum Gasteiger partial charge on any atom is -0.329 e. The molecule has 1 aliphatic rings. The number of nitrogens with two attached hydrogens (primary N) is 1. The zero-order chi connectivity index (χ0) is 18.1. The first-order valence-electron chi connectivity index (χ1n) is 8.34. The fourth-order valence-electron chi connectivity index (χ4n) is 3.35. The number of nitrogens with one attached hydrogen (secondary N) is 1. The van der Waals surface area contributed by atoms with E-state index in [1.807, 2.05) is 25.2 Å². The fraction of sp³-hybridized carbons (Fsp3) is 0.471. The van der Waals surface area contributed by atoms with Crippen LogP contribution in [0.3, 0.4) is 0 Å². The Morgan fingerprint density at radius 1 is 1.28 bits per heavy atom. The fourth-order valence-corrected chi connectivity index (χ4v) is 3.35. The molecule has 0 radical (unpaired) electrons. The van der Waals surface area contributed by atoms with Crippen LogP contribution in [0.15, 0.2) is 23.0 Å². The van der Waals surface area contributed by atoms with Crippen LogP contribution >= 0.6 is 0 Å².